The summed E-state index contributed by atoms with van der Waals surface area (Å²) >= 11 is 7.41. The van der Waals surface area contributed by atoms with E-state index in [0.29, 0.717) is 32.2 Å². The second-order valence-electron chi connectivity index (χ2n) is 6.29. The Kier molecular flexibility index (Phi) is 4.88. The van der Waals surface area contributed by atoms with E-state index < -0.39 is 0 Å². The first-order valence-electron chi connectivity index (χ1n) is 8.47. The molecule has 1 saturated carbocycles. The summed E-state index contributed by atoms with van der Waals surface area (Å²) in [6, 6.07) is 7.25. The smallest absolute Gasteiger partial charge is 0.258 e. The Morgan fingerprint density at radius 2 is 2.11 bits per heavy atom. The first-order valence-corrected chi connectivity index (χ1v) is 9.66. The highest BCUT2D eigenvalue weighted by atomic mass is 35.5. The largest absolute Gasteiger partial charge is 0.296 e. The summed E-state index contributed by atoms with van der Waals surface area (Å²) in [7, 11) is 0. The highest BCUT2D eigenvalue weighted by Crippen LogP contribution is 2.30. The van der Waals surface area contributed by atoms with Gasteiger partial charge in [0.15, 0.2) is 5.01 Å². The van der Waals surface area contributed by atoms with E-state index in [1.807, 2.05) is 25.1 Å². The van der Waals surface area contributed by atoms with E-state index >= 15 is 0 Å². The average Bonchev–Trinajstić information content (AvgIpc) is 3.40. The molecular weight excluding hydrogens is 380 g/mol. The molecule has 2 aromatic heterocycles. The fourth-order valence-electron chi connectivity index (χ4n) is 2.57. The summed E-state index contributed by atoms with van der Waals surface area (Å²) in [6.45, 7) is 1.97. The molecule has 134 valence electrons. The van der Waals surface area contributed by atoms with Gasteiger partial charge < -0.3 is 0 Å². The van der Waals surface area contributed by atoms with Crippen LogP contribution in [-0.2, 0) is 0 Å². The number of nitrogens with one attached hydrogen (secondary N) is 1. The third-order valence-corrected chi connectivity index (χ3v) is 5.15. The molecule has 0 aliphatic heterocycles. The minimum atomic E-state index is -0.273. The Balaban J connectivity index is 1.59. The number of rotatable bonds is 3. The summed E-state index contributed by atoms with van der Waals surface area (Å²) < 4.78 is 0. The first kappa shape index (κ1) is 17.7. The van der Waals surface area contributed by atoms with E-state index in [1.54, 1.807) is 18.5 Å². The number of benzene rings is 1. The molecule has 0 spiro atoms. The van der Waals surface area contributed by atoms with Crippen LogP contribution in [0, 0.1) is 24.7 Å². The molecule has 5 nitrogen and oxygen atoms in total. The van der Waals surface area contributed by atoms with E-state index in [0.717, 1.165) is 24.0 Å². The zero-order valence-corrected chi connectivity index (χ0v) is 16.1. The van der Waals surface area contributed by atoms with Gasteiger partial charge in [0.05, 0.1) is 5.56 Å². The summed E-state index contributed by atoms with van der Waals surface area (Å²) in [6.07, 6.45) is 5.57. The van der Waals surface area contributed by atoms with Crippen LogP contribution in [0.5, 0.6) is 0 Å². The molecule has 1 aliphatic rings. The van der Waals surface area contributed by atoms with Crippen molar-refractivity contribution in [1.29, 1.82) is 0 Å². The maximum atomic E-state index is 12.8. The molecule has 0 saturated heterocycles. The summed E-state index contributed by atoms with van der Waals surface area (Å²) in [5.41, 5.74) is 3.09. The number of carbonyl (C=O) groups is 1. The van der Waals surface area contributed by atoms with E-state index in [4.69, 9.17) is 11.6 Å². The highest BCUT2D eigenvalue weighted by molar-refractivity contribution is 7.15. The fourth-order valence-corrected chi connectivity index (χ4v) is 3.34. The zero-order valence-electron chi connectivity index (χ0n) is 14.5. The van der Waals surface area contributed by atoms with Crippen LogP contribution in [-0.4, -0.2) is 21.1 Å². The number of hydrogen-bond donors (Lipinski definition) is 1. The molecule has 1 aliphatic carbocycles. The number of carbonyl (C=O) groups excluding carboxylic acids is 1. The lowest BCUT2D eigenvalue weighted by atomic mass is 9.97. The molecule has 1 N–H and O–H groups in total. The Bertz CT molecular complexity index is 1080. The van der Waals surface area contributed by atoms with Gasteiger partial charge in [0, 0.05) is 28.9 Å². The standard InChI is InChI=1S/C20H15ClN4OS/c1-12-2-6-14(21)10-16(12)17-11-22-9-8-15(17)19(26)23-20-25-24-18(27-20)7-5-13-3-4-13/h2,6,8-11,13H,3-4H2,1H3,(H,23,25,26). The maximum absolute atomic E-state index is 12.8. The SMILES string of the molecule is Cc1ccc(Cl)cc1-c1cnccc1C(=O)Nc1nnc(C#CC2CC2)s1. The van der Waals surface area contributed by atoms with Crippen molar-refractivity contribution in [1.82, 2.24) is 15.2 Å². The second-order valence-corrected chi connectivity index (χ2v) is 7.70. The molecule has 1 amide bonds. The van der Waals surface area contributed by atoms with Crippen molar-refractivity contribution in [3.05, 3.63) is 57.8 Å². The number of pyridine rings is 1. The van der Waals surface area contributed by atoms with Crippen molar-refractivity contribution in [2.45, 2.75) is 19.8 Å². The molecule has 0 radical (unpaired) electrons. The number of nitrogens with zero attached hydrogens (tertiary/aromatic N) is 3. The zero-order chi connectivity index (χ0) is 18.8. The monoisotopic (exact) mass is 394 g/mol. The molecule has 2 heterocycles. The van der Waals surface area contributed by atoms with Gasteiger partial charge in [-0.05, 0) is 55.0 Å². The van der Waals surface area contributed by atoms with Crippen LogP contribution < -0.4 is 5.32 Å². The van der Waals surface area contributed by atoms with Crippen LogP contribution >= 0.6 is 22.9 Å². The Labute approximate surface area is 165 Å². The number of amides is 1. The van der Waals surface area contributed by atoms with Gasteiger partial charge in [-0.3, -0.25) is 15.1 Å². The Morgan fingerprint density at radius 1 is 1.26 bits per heavy atom. The number of aryl methyl sites for hydroxylation is 1. The number of halogens is 1. The van der Waals surface area contributed by atoms with Crippen molar-refractivity contribution >= 4 is 34.0 Å². The van der Waals surface area contributed by atoms with Crippen molar-refractivity contribution in [3.8, 4) is 23.0 Å². The number of aromatic nitrogens is 3. The van der Waals surface area contributed by atoms with Crippen LogP contribution in [0.2, 0.25) is 5.02 Å². The summed E-state index contributed by atoms with van der Waals surface area (Å²) in [5.74, 6) is 6.37. The average molecular weight is 395 g/mol. The lowest BCUT2D eigenvalue weighted by molar-refractivity contribution is 0.102. The molecule has 1 aromatic carbocycles. The van der Waals surface area contributed by atoms with Gasteiger partial charge in [-0.15, -0.1) is 10.2 Å². The predicted molar refractivity (Wildman–Crippen MR) is 107 cm³/mol. The van der Waals surface area contributed by atoms with E-state index in [2.05, 4.69) is 32.3 Å². The fraction of sp³-hybridized carbons (Fsp3) is 0.200. The predicted octanol–water partition coefficient (Wildman–Crippen LogP) is 4.58. The van der Waals surface area contributed by atoms with Crippen molar-refractivity contribution in [2.75, 3.05) is 5.32 Å². The van der Waals surface area contributed by atoms with Crippen molar-refractivity contribution in [3.63, 3.8) is 0 Å². The summed E-state index contributed by atoms with van der Waals surface area (Å²) in [5, 5.41) is 12.5. The van der Waals surface area contributed by atoms with Gasteiger partial charge in [0.2, 0.25) is 5.13 Å². The van der Waals surface area contributed by atoms with Crippen LogP contribution in [0.1, 0.15) is 33.8 Å². The van der Waals surface area contributed by atoms with Gasteiger partial charge in [-0.2, -0.15) is 0 Å². The van der Waals surface area contributed by atoms with E-state index in [1.165, 1.54) is 11.3 Å². The van der Waals surface area contributed by atoms with Crippen LogP contribution in [0.3, 0.4) is 0 Å². The topological polar surface area (TPSA) is 67.8 Å². The Hall–Kier alpha value is -2.75. The normalized spacial score (nSPS) is 13.0. The minimum Gasteiger partial charge on any atom is -0.296 e. The number of hydrogen-bond acceptors (Lipinski definition) is 5. The van der Waals surface area contributed by atoms with Gasteiger partial charge in [-0.1, -0.05) is 34.9 Å². The molecule has 1 fully saturated rings. The van der Waals surface area contributed by atoms with Crippen molar-refractivity contribution < 1.29 is 4.79 Å². The van der Waals surface area contributed by atoms with E-state index in [-0.39, 0.29) is 5.91 Å². The highest BCUT2D eigenvalue weighted by Gasteiger charge is 2.19. The van der Waals surface area contributed by atoms with E-state index in [9.17, 15) is 4.79 Å². The molecule has 0 unspecified atom stereocenters. The maximum Gasteiger partial charge on any atom is 0.258 e. The van der Waals surface area contributed by atoms with Crippen molar-refractivity contribution in [2.24, 2.45) is 5.92 Å². The quantitative estimate of drug-likeness (QED) is 0.660. The molecule has 3 aromatic rings. The molecule has 7 heteroatoms. The van der Waals surface area contributed by atoms with Crippen LogP contribution in [0.4, 0.5) is 5.13 Å². The first-order chi connectivity index (χ1) is 13.1. The lowest BCUT2D eigenvalue weighted by Gasteiger charge is -2.11. The van der Waals surface area contributed by atoms with Gasteiger partial charge >= 0.3 is 0 Å². The Morgan fingerprint density at radius 3 is 2.93 bits per heavy atom. The molecule has 0 atom stereocenters. The number of anilines is 1. The molecule has 0 bridgehead atoms. The lowest BCUT2D eigenvalue weighted by Crippen LogP contribution is -2.13. The molecule has 27 heavy (non-hydrogen) atoms. The molecule has 4 rings (SSSR count). The van der Waals surface area contributed by atoms with Crippen LogP contribution in [0.15, 0.2) is 36.7 Å². The van der Waals surface area contributed by atoms with Gasteiger partial charge in [0.1, 0.15) is 0 Å². The van der Waals surface area contributed by atoms with Crippen LogP contribution in [0.25, 0.3) is 11.1 Å². The third-order valence-electron chi connectivity index (χ3n) is 4.16. The molecular formula is C20H15ClN4OS. The minimum absolute atomic E-state index is 0.273. The second kappa shape index (κ2) is 7.47. The third kappa shape index (κ3) is 4.16. The van der Waals surface area contributed by atoms with Gasteiger partial charge in [-0.25, -0.2) is 0 Å². The summed E-state index contributed by atoms with van der Waals surface area (Å²) in [4.78, 5) is 17.0. The van der Waals surface area contributed by atoms with Gasteiger partial charge in [0.25, 0.3) is 5.91 Å².